The van der Waals surface area contributed by atoms with Gasteiger partial charge in [0, 0.05) is 12.5 Å². The van der Waals surface area contributed by atoms with Crippen molar-refractivity contribution in [3.8, 4) is 11.8 Å². The monoisotopic (exact) mass is 289 g/mol. The maximum atomic E-state index is 12.9. The van der Waals surface area contributed by atoms with Gasteiger partial charge in [0.25, 0.3) is 0 Å². The van der Waals surface area contributed by atoms with Crippen LogP contribution >= 0.6 is 0 Å². The van der Waals surface area contributed by atoms with E-state index in [1.165, 1.54) is 0 Å². The summed E-state index contributed by atoms with van der Waals surface area (Å²) in [5.41, 5.74) is 0. The van der Waals surface area contributed by atoms with Crippen molar-refractivity contribution in [1.82, 2.24) is 5.32 Å². The third-order valence-corrected chi connectivity index (χ3v) is 4.16. The lowest BCUT2D eigenvalue weighted by molar-refractivity contribution is -0.186. The third kappa shape index (κ3) is 5.75. The molecule has 1 fully saturated rings. The van der Waals surface area contributed by atoms with Crippen LogP contribution in [-0.4, -0.2) is 18.8 Å². The Bertz CT molecular complexity index is 327. The van der Waals surface area contributed by atoms with Crippen molar-refractivity contribution in [2.45, 2.75) is 71.0 Å². The van der Waals surface area contributed by atoms with Crippen LogP contribution in [0.15, 0.2) is 0 Å². The minimum Gasteiger partial charge on any atom is -0.314 e. The molecular formula is C16H26F3N. The van der Waals surface area contributed by atoms with Gasteiger partial charge in [-0.25, -0.2) is 0 Å². The first-order valence-electron chi connectivity index (χ1n) is 7.68. The Kier molecular flexibility index (Phi) is 7.43. The number of hydrogen-bond donors (Lipinski definition) is 1. The smallest absolute Gasteiger partial charge is 0.314 e. The van der Waals surface area contributed by atoms with Crippen molar-refractivity contribution in [3.63, 3.8) is 0 Å². The van der Waals surface area contributed by atoms with Crippen LogP contribution in [0, 0.1) is 23.7 Å². The fourth-order valence-corrected chi connectivity index (χ4v) is 3.08. The second kappa shape index (κ2) is 8.56. The molecule has 1 saturated carbocycles. The second-order valence-corrected chi connectivity index (χ2v) is 5.69. The Balaban J connectivity index is 2.60. The molecule has 1 rings (SSSR count). The molecule has 0 spiro atoms. The van der Waals surface area contributed by atoms with Gasteiger partial charge >= 0.3 is 6.18 Å². The molecule has 1 aliphatic carbocycles. The number of nitrogens with one attached hydrogen (secondary N) is 1. The van der Waals surface area contributed by atoms with Crippen molar-refractivity contribution in [1.29, 1.82) is 0 Å². The van der Waals surface area contributed by atoms with E-state index in [1.807, 2.05) is 0 Å². The van der Waals surface area contributed by atoms with Crippen LogP contribution in [0.3, 0.4) is 0 Å². The van der Waals surface area contributed by atoms with Crippen molar-refractivity contribution >= 4 is 0 Å². The first kappa shape index (κ1) is 17.4. The average molecular weight is 289 g/mol. The van der Waals surface area contributed by atoms with Crippen LogP contribution < -0.4 is 5.32 Å². The molecule has 0 aromatic rings. The molecule has 20 heavy (non-hydrogen) atoms. The van der Waals surface area contributed by atoms with E-state index in [0.717, 1.165) is 32.2 Å². The highest BCUT2D eigenvalue weighted by Crippen LogP contribution is 2.41. The topological polar surface area (TPSA) is 12.0 Å². The Labute approximate surface area is 120 Å². The summed E-state index contributed by atoms with van der Waals surface area (Å²) in [5.74, 6) is 4.91. The first-order chi connectivity index (χ1) is 9.49. The molecule has 0 aromatic carbocycles. The van der Waals surface area contributed by atoms with Crippen molar-refractivity contribution in [2.75, 3.05) is 6.54 Å². The molecule has 0 radical (unpaired) electrons. The summed E-state index contributed by atoms with van der Waals surface area (Å²) < 4.78 is 38.7. The first-order valence-corrected chi connectivity index (χ1v) is 7.68. The molecule has 1 N–H and O–H groups in total. The highest BCUT2D eigenvalue weighted by atomic mass is 19.4. The lowest BCUT2D eigenvalue weighted by Gasteiger charge is -2.35. The average Bonchev–Trinajstić information content (AvgIpc) is 2.42. The maximum absolute atomic E-state index is 12.9. The van der Waals surface area contributed by atoms with Crippen LogP contribution in [-0.2, 0) is 0 Å². The van der Waals surface area contributed by atoms with Crippen LogP contribution in [0.5, 0.6) is 0 Å². The van der Waals surface area contributed by atoms with Gasteiger partial charge in [0.05, 0.1) is 5.92 Å². The summed E-state index contributed by atoms with van der Waals surface area (Å²) in [4.78, 5) is 0. The van der Waals surface area contributed by atoms with Crippen molar-refractivity contribution in [2.24, 2.45) is 11.8 Å². The van der Waals surface area contributed by atoms with Gasteiger partial charge in [0.2, 0.25) is 0 Å². The molecule has 1 aliphatic rings. The SMILES string of the molecule is CC#CCCC(NCCC)C1CCCC(C(F)(F)F)C1. The summed E-state index contributed by atoms with van der Waals surface area (Å²) in [7, 11) is 0. The minimum absolute atomic E-state index is 0.139. The zero-order valence-corrected chi connectivity index (χ0v) is 12.5. The summed E-state index contributed by atoms with van der Waals surface area (Å²) in [6.45, 7) is 4.75. The highest BCUT2D eigenvalue weighted by Gasteiger charge is 2.43. The van der Waals surface area contributed by atoms with Gasteiger partial charge in [-0.1, -0.05) is 13.3 Å². The Hall–Kier alpha value is -0.690. The molecule has 1 nitrogen and oxygen atoms in total. The van der Waals surface area contributed by atoms with Gasteiger partial charge in [0.1, 0.15) is 0 Å². The Morgan fingerprint density at radius 2 is 2.05 bits per heavy atom. The zero-order chi connectivity index (χ0) is 15.0. The summed E-state index contributed by atoms with van der Waals surface area (Å²) in [5, 5.41) is 3.43. The van der Waals surface area contributed by atoms with Gasteiger partial charge in [-0.15, -0.1) is 11.8 Å². The number of hydrogen-bond acceptors (Lipinski definition) is 1. The lowest BCUT2D eigenvalue weighted by atomic mass is 9.76. The second-order valence-electron chi connectivity index (χ2n) is 5.69. The Morgan fingerprint density at radius 3 is 2.65 bits per heavy atom. The van der Waals surface area contributed by atoms with E-state index in [-0.39, 0.29) is 18.4 Å². The molecule has 0 aliphatic heterocycles. The van der Waals surface area contributed by atoms with Gasteiger partial charge in [-0.2, -0.15) is 13.2 Å². The summed E-state index contributed by atoms with van der Waals surface area (Å²) in [6, 6.07) is 0.181. The van der Waals surface area contributed by atoms with Crippen molar-refractivity contribution in [3.05, 3.63) is 0 Å². The predicted molar refractivity (Wildman–Crippen MR) is 76.3 cm³/mol. The molecule has 116 valence electrons. The van der Waals surface area contributed by atoms with E-state index in [4.69, 9.17) is 0 Å². The molecule has 0 heterocycles. The molecule has 3 atom stereocenters. The Morgan fingerprint density at radius 1 is 1.30 bits per heavy atom. The maximum Gasteiger partial charge on any atom is 0.391 e. The third-order valence-electron chi connectivity index (χ3n) is 4.16. The minimum atomic E-state index is -4.03. The summed E-state index contributed by atoms with van der Waals surface area (Å²) >= 11 is 0. The van der Waals surface area contributed by atoms with Crippen LogP contribution in [0.25, 0.3) is 0 Å². The van der Waals surface area contributed by atoms with E-state index in [2.05, 4.69) is 24.1 Å². The molecule has 0 amide bonds. The molecule has 0 bridgehead atoms. The van der Waals surface area contributed by atoms with Crippen molar-refractivity contribution < 1.29 is 13.2 Å². The summed E-state index contributed by atoms with van der Waals surface area (Å²) in [6.07, 6.45) is 0.787. The van der Waals surface area contributed by atoms with Gasteiger partial charge in [-0.05, 0) is 51.5 Å². The van der Waals surface area contributed by atoms with E-state index in [0.29, 0.717) is 12.8 Å². The normalized spacial score (nSPS) is 24.9. The van der Waals surface area contributed by atoms with E-state index in [9.17, 15) is 13.2 Å². The fourth-order valence-electron chi connectivity index (χ4n) is 3.08. The van der Waals surface area contributed by atoms with Gasteiger partial charge < -0.3 is 5.32 Å². The zero-order valence-electron chi connectivity index (χ0n) is 12.5. The van der Waals surface area contributed by atoms with Gasteiger partial charge in [-0.3, -0.25) is 0 Å². The molecule has 0 aromatic heterocycles. The molecule has 0 saturated heterocycles. The van der Waals surface area contributed by atoms with Gasteiger partial charge in [0.15, 0.2) is 0 Å². The number of alkyl halides is 3. The molecular weight excluding hydrogens is 263 g/mol. The van der Waals surface area contributed by atoms with E-state index < -0.39 is 12.1 Å². The fraction of sp³-hybridized carbons (Fsp3) is 0.875. The standard InChI is InChI=1S/C16H26F3N/c1-3-5-6-10-15(20-11-4-2)13-8-7-9-14(12-13)16(17,18)19/h13-15,20H,4,6-12H2,1-2H3. The molecule has 3 unspecified atom stereocenters. The number of halogens is 3. The predicted octanol–water partition coefficient (Wildman–Crippen LogP) is 4.53. The van der Waals surface area contributed by atoms with Crippen LogP contribution in [0.2, 0.25) is 0 Å². The quantitative estimate of drug-likeness (QED) is 0.709. The van der Waals surface area contributed by atoms with E-state index in [1.54, 1.807) is 6.92 Å². The lowest BCUT2D eigenvalue weighted by Crippen LogP contribution is -2.41. The number of rotatable bonds is 6. The highest BCUT2D eigenvalue weighted by molar-refractivity contribution is 4.96. The van der Waals surface area contributed by atoms with Crippen LogP contribution in [0.4, 0.5) is 13.2 Å². The molecule has 4 heteroatoms. The largest absolute Gasteiger partial charge is 0.391 e. The van der Waals surface area contributed by atoms with Crippen LogP contribution in [0.1, 0.15) is 58.8 Å². The van der Waals surface area contributed by atoms with E-state index >= 15 is 0 Å².